The number of carbonyl (C=O) groups is 2. The van der Waals surface area contributed by atoms with Crippen LogP contribution in [0.5, 0.6) is 0 Å². The van der Waals surface area contributed by atoms with Crippen LogP contribution in [-0.4, -0.2) is 32.3 Å². The molecule has 2 amide bonds. The predicted octanol–water partition coefficient (Wildman–Crippen LogP) is 4.33. The number of hydrogen-bond donors (Lipinski definition) is 2. The van der Waals surface area contributed by atoms with Crippen LogP contribution < -0.4 is 10.6 Å². The Balaban J connectivity index is 1.40. The maximum atomic E-state index is 13.8. The molecule has 0 atom stereocenters. The highest BCUT2D eigenvalue weighted by molar-refractivity contribution is 7.99. The molecule has 0 fully saturated rings. The summed E-state index contributed by atoms with van der Waals surface area (Å²) < 4.78 is 15.5. The lowest BCUT2D eigenvalue weighted by Crippen LogP contribution is -2.18. The van der Waals surface area contributed by atoms with Crippen LogP contribution in [0.2, 0.25) is 0 Å². The van der Waals surface area contributed by atoms with E-state index in [1.54, 1.807) is 22.8 Å². The summed E-state index contributed by atoms with van der Waals surface area (Å²) in [6, 6.07) is 8.15. The third-order valence-corrected chi connectivity index (χ3v) is 7.61. The largest absolute Gasteiger partial charge is 0.323 e. The smallest absolute Gasteiger partial charge is 0.235 e. The number of thiophene rings is 1. The standard InChI is InChI=1S/C24H23FN6O2S2/c1-2-11-31-20(12-21(32)27-18-9-5-4-8-17(18)25)29-30-24(31)34-14-22(33)28-23-16(13-26)15-7-3-6-10-19(15)35-23/h2,4-5,8-9H,1,3,6-7,10-12,14H2,(H,27,32)(H,28,33). The molecule has 180 valence electrons. The molecule has 0 aliphatic heterocycles. The lowest BCUT2D eigenvalue weighted by atomic mass is 9.96. The normalized spacial score (nSPS) is 12.5. The van der Waals surface area contributed by atoms with Gasteiger partial charge in [0, 0.05) is 11.4 Å². The summed E-state index contributed by atoms with van der Waals surface area (Å²) in [5.74, 6) is -0.782. The van der Waals surface area contributed by atoms with Crippen LogP contribution >= 0.6 is 23.1 Å². The maximum Gasteiger partial charge on any atom is 0.235 e. The van der Waals surface area contributed by atoms with E-state index in [1.807, 2.05) is 0 Å². The zero-order chi connectivity index (χ0) is 24.8. The van der Waals surface area contributed by atoms with Gasteiger partial charge in [-0.2, -0.15) is 5.26 Å². The monoisotopic (exact) mass is 510 g/mol. The van der Waals surface area contributed by atoms with Crippen LogP contribution in [0.25, 0.3) is 0 Å². The highest BCUT2D eigenvalue weighted by Gasteiger charge is 2.22. The van der Waals surface area contributed by atoms with Gasteiger partial charge >= 0.3 is 0 Å². The van der Waals surface area contributed by atoms with Crippen molar-refractivity contribution in [2.45, 2.75) is 43.8 Å². The molecular weight excluding hydrogens is 487 g/mol. The summed E-state index contributed by atoms with van der Waals surface area (Å²) >= 11 is 2.66. The zero-order valence-electron chi connectivity index (χ0n) is 18.8. The Hall–Kier alpha value is -3.49. The molecule has 1 aliphatic rings. The van der Waals surface area contributed by atoms with Crippen molar-refractivity contribution in [2.75, 3.05) is 16.4 Å². The second-order valence-electron chi connectivity index (χ2n) is 7.87. The minimum absolute atomic E-state index is 0.0597. The van der Waals surface area contributed by atoms with E-state index < -0.39 is 11.7 Å². The average Bonchev–Trinajstić information content (AvgIpc) is 3.39. The van der Waals surface area contributed by atoms with E-state index in [1.165, 1.54) is 40.1 Å². The van der Waals surface area contributed by atoms with E-state index in [0.29, 0.717) is 28.1 Å². The van der Waals surface area contributed by atoms with Crippen molar-refractivity contribution < 1.29 is 14.0 Å². The molecule has 8 nitrogen and oxygen atoms in total. The molecule has 1 aromatic carbocycles. The van der Waals surface area contributed by atoms with Gasteiger partial charge in [0.25, 0.3) is 0 Å². The van der Waals surface area contributed by atoms with E-state index in [-0.39, 0.29) is 23.8 Å². The van der Waals surface area contributed by atoms with Crippen molar-refractivity contribution in [1.29, 1.82) is 5.26 Å². The molecule has 0 spiro atoms. The SMILES string of the molecule is C=CCn1c(CC(=O)Nc2ccccc2F)nnc1SCC(=O)Nc1sc2c(c1C#N)CCCC2. The number of thioether (sulfide) groups is 1. The lowest BCUT2D eigenvalue weighted by Gasteiger charge is -2.09. The Morgan fingerprint density at radius 3 is 2.80 bits per heavy atom. The van der Waals surface area contributed by atoms with Crippen molar-refractivity contribution in [3.63, 3.8) is 0 Å². The summed E-state index contributed by atoms with van der Waals surface area (Å²) in [5.41, 5.74) is 1.72. The van der Waals surface area contributed by atoms with Gasteiger partial charge in [-0.25, -0.2) is 4.39 Å². The molecule has 2 heterocycles. The van der Waals surface area contributed by atoms with Gasteiger partial charge in [-0.05, 0) is 43.4 Å². The number of nitrogens with zero attached hydrogens (tertiary/aromatic N) is 4. The molecule has 4 rings (SSSR count). The number of hydrogen-bond acceptors (Lipinski definition) is 7. The van der Waals surface area contributed by atoms with Crippen molar-refractivity contribution in [2.24, 2.45) is 0 Å². The van der Waals surface area contributed by atoms with Gasteiger partial charge in [0.1, 0.15) is 22.7 Å². The number of nitriles is 1. The summed E-state index contributed by atoms with van der Waals surface area (Å²) in [7, 11) is 0. The van der Waals surface area contributed by atoms with Crippen molar-refractivity contribution in [3.8, 4) is 6.07 Å². The molecule has 0 saturated heterocycles. The Labute approximate surface area is 210 Å². The first-order valence-corrected chi connectivity index (χ1v) is 12.8. The second kappa shape index (κ2) is 11.3. The van der Waals surface area contributed by atoms with Crippen LogP contribution in [-0.2, 0) is 35.4 Å². The second-order valence-corrected chi connectivity index (χ2v) is 9.91. The number of para-hydroxylation sites is 1. The van der Waals surface area contributed by atoms with E-state index in [4.69, 9.17) is 0 Å². The Morgan fingerprint density at radius 2 is 2.03 bits per heavy atom. The fourth-order valence-corrected chi connectivity index (χ4v) is 5.86. The average molecular weight is 511 g/mol. The first-order valence-electron chi connectivity index (χ1n) is 11.0. The Morgan fingerprint density at radius 1 is 1.23 bits per heavy atom. The van der Waals surface area contributed by atoms with Gasteiger partial charge in [0.2, 0.25) is 11.8 Å². The summed E-state index contributed by atoms with van der Waals surface area (Å²) in [4.78, 5) is 26.3. The third-order valence-electron chi connectivity index (χ3n) is 5.44. The zero-order valence-corrected chi connectivity index (χ0v) is 20.5. The van der Waals surface area contributed by atoms with Crippen LogP contribution in [0.15, 0.2) is 42.1 Å². The molecule has 2 aromatic heterocycles. The molecule has 0 saturated carbocycles. The number of nitrogens with one attached hydrogen (secondary N) is 2. The number of carbonyl (C=O) groups excluding carboxylic acids is 2. The van der Waals surface area contributed by atoms with Crippen molar-refractivity contribution in [3.05, 3.63) is 64.6 Å². The number of aromatic nitrogens is 3. The Kier molecular flexibility index (Phi) is 7.94. The van der Waals surface area contributed by atoms with Crippen molar-refractivity contribution in [1.82, 2.24) is 14.8 Å². The highest BCUT2D eigenvalue weighted by Crippen LogP contribution is 2.37. The van der Waals surface area contributed by atoms with Gasteiger partial charge in [0.15, 0.2) is 5.16 Å². The summed E-state index contributed by atoms with van der Waals surface area (Å²) in [6.07, 6.45) is 5.49. The number of halogens is 1. The van der Waals surface area contributed by atoms with Crippen LogP contribution in [0.1, 0.15) is 34.7 Å². The van der Waals surface area contributed by atoms with Crippen LogP contribution in [0.4, 0.5) is 15.1 Å². The van der Waals surface area contributed by atoms with E-state index in [2.05, 4.69) is 33.5 Å². The number of allylic oxidation sites excluding steroid dienone is 1. The highest BCUT2D eigenvalue weighted by atomic mass is 32.2. The number of aryl methyl sites for hydroxylation is 1. The summed E-state index contributed by atoms with van der Waals surface area (Å²) in [5, 5.41) is 24.2. The molecule has 2 N–H and O–H groups in total. The van der Waals surface area contributed by atoms with Crippen LogP contribution in [0.3, 0.4) is 0 Å². The van der Waals surface area contributed by atoms with E-state index in [9.17, 15) is 19.2 Å². The van der Waals surface area contributed by atoms with Gasteiger partial charge in [0.05, 0.1) is 23.4 Å². The molecule has 1 aliphatic carbocycles. The number of fused-ring (bicyclic) bond motifs is 1. The predicted molar refractivity (Wildman–Crippen MR) is 134 cm³/mol. The molecule has 0 bridgehead atoms. The van der Waals surface area contributed by atoms with Crippen LogP contribution in [0, 0.1) is 17.1 Å². The van der Waals surface area contributed by atoms with E-state index in [0.717, 1.165) is 31.2 Å². The maximum absolute atomic E-state index is 13.8. The van der Waals surface area contributed by atoms with Gasteiger partial charge in [-0.1, -0.05) is 30.0 Å². The topological polar surface area (TPSA) is 113 Å². The number of benzene rings is 1. The van der Waals surface area contributed by atoms with Crippen molar-refractivity contribution >= 4 is 45.6 Å². The number of rotatable bonds is 9. The molecule has 3 aromatic rings. The number of anilines is 2. The minimum Gasteiger partial charge on any atom is -0.323 e. The van der Waals surface area contributed by atoms with Gasteiger partial charge in [-0.3, -0.25) is 9.59 Å². The van der Waals surface area contributed by atoms with Gasteiger partial charge < -0.3 is 15.2 Å². The minimum atomic E-state index is -0.526. The summed E-state index contributed by atoms with van der Waals surface area (Å²) in [6.45, 7) is 4.08. The van der Waals surface area contributed by atoms with E-state index >= 15 is 0 Å². The third kappa shape index (κ3) is 5.78. The quantitative estimate of drug-likeness (QED) is 0.327. The first-order chi connectivity index (χ1) is 17.0. The molecule has 0 unspecified atom stereocenters. The number of amides is 2. The molecule has 11 heteroatoms. The van der Waals surface area contributed by atoms with Gasteiger partial charge in [-0.15, -0.1) is 28.1 Å². The Bertz CT molecular complexity index is 1310. The fraction of sp³-hybridized carbons (Fsp3) is 0.292. The molecule has 35 heavy (non-hydrogen) atoms. The molecular formula is C24H23FN6O2S2. The first kappa shape index (κ1) is 24.6. The fourth-order valence-electron chi connectivity index (χ4n) is 3.83. The lowest BCUT2D eigenvalue weighted by molar-refractivity contribution is -0.116. The molecule has 0 radical (unpaired) electrons.